The van der Waals surface area contributed by atoms with Crippen LogP contribution in [0.2, 0.25) is 5.15 Å². The molecule has 5 rings (SSSR count). The molecule has 2 aliphatic rings. The van der Waals surface area contributed by atoms with Crippen LogP contribution in [0.5, 0.6) is 11.5 Å². The summed E-state index contributed by atoms with van der Waals surface area (Å²) in [5.41, 5.74) is 3.24. The van der Waals surface area contributed by atoms with Gasteiger partial charge in [-0.3, -0.25) is 9.69 Å². The third-order valence-corrected chi connectivity index (χ3v) is 8.19. The number of hydrogen-bond acceptors (Lipinski definition) is 5. The van der Waals surface area contributed by atoms with E-state index in [2.05, 4.69) is 40.7 Å². The van der Waals surface area contributed by atoms with Crippen LogP contribution < -0.4 is 9.47 Å². The van der Waals surface area contributed by atoms with Gasteiger partial charge >= 0.3 is 5.97 Å². The van der Waals surface area contributed by atoms with Gasteiger partial charge in [0.1, 0.15) is 19.0 Å². The Morgan fingerprint density at radius 1 is 1.05 bits per heavy atom. The van der Waals surface area contributed by atoms with Crippen molar-refractivity contribution >= 4 is 17.6 Å². The van der Waals surface area contributed by atoms with E-state index in [1.54, 1.807) is 0 Å². The van der Waals surface area contributed by atoms with Crippen molar-refractivity contribution in [1.29, 1.82) is 0 Å². The van der Waals surface area contributed by atoms with Gasteiger partial charge in [0.2, 0.25) is 0 Å². The van der Waals surface area contributed by atoms with E-state index in [0.29, 0.717) is 30.8 Å². The van der Waals surface area contributed by atoms with Crippen molar-refractivity contribution in [2.45, 2.75) is 65.1 Å². The molecule has 0 saturated heterocycles. The number of benzene rings is 2. The van der Waals surface area contributed by atoms with Crippen molar-refractivity contribution in [3.8, 4) is 22.9 Å². The summed E-state index contributed by atoms with van der Waals surface area (Å²) >= 11 is 6.86. The van der Waals surface area contributed by atoms with Crippen molar-refractivity contribution < 1.29 is 19.4 Å². The molecule has 0 bridgehead atoms. The van der Waals surface area contributed by atoms with Crippen LogP contribution in [0.4, 0.5) is 0 Å². The van der Waals surface area contributed by atoms with Gasteiger partial charge in [0.05, 0.1) is 11.6 Å². The van der Waals surface area contributed by atoms with E-state index in [9.17, 15) is 9.90 Å². The highest BCUT2D eigenvalue weighted by Gasteiger charge is 2.28. The number of halogens is 1. The molecule has 208 valence electrons. The molecule has 2 aromatic carbocycles. The molecule has 0 amide bonds. The molecule has 0 radical (unpaired) electrons. The zero-order chi connectivity index (χ0) is 27.2. The monoisotopic (exact) mass is 551 g/mol. The minimum absolute atomic E-state index is 0.217. The number of ether oxygens (including phenoxy) is 2. The summed E-state index contributed by atoms with van der Waals surface area (Å²) in [4.78, 5) is 18.8. The lowest BCUT2D eigenvalue weighted by Crippen LogP contribution is -2.33. The van der Waals surface area contributed by atoms with Gasteiger partial charge < -0.3 is 19.1 Å². The highest BCUT2D eigenvalue weighted by Crippen LogP contribution is 2.34. The fourth-order valence-electron chi connectivity index (χ4n) is 5.77. The molecule has 1 saturated carbocycles. The Balaban J connectivity index is 1.42. The lowest BCUT2D eigenvalue weighted by molar-refractivity contribution is -0.143. The minimum atomic E-state index is -0.665. The lowest BCUT2D eigenvalue weighted by Gasteiger charge is -2.32. The van der Waals surface area contributed by atoms with Crippen molar-refractivity contribution in [2.24, 2.45) is 11.8 Å². The van der Waals surface area contributed by atoms with Crippen molar-refractivity contribution in [3.05, 3.63) is 64.9 Å². The topological polar surface area (TPSA) is 76.8 Å². The quantitative estimate of drug-likeness (QED) is 0.287. The fraction of sp³-hybridized carbons (Fsp3) is 0.484. The van der Waals surface area contributed by atoms with E-state index in [4.69, 9.17) is 26.1 Å². The average molecular weight is 552 g/mol. The number of aliphatic carboxylic acids is 1. The summed E-state index contributed by atoms with van der Waals surface area (Å²) in [6.07, 6.45) is 5.45. The maximum absolute atomic E-state index is 11.5. The van der Waals surface area contributed by atoms with Crippen LogP contribution in [-0.4, -0.2) is 45.3 Å². The SMILES string of the molecule is CCCCn1c(-c2ccccc2)nc(Cl)c1CN(Cc1ccc2c(c1)OCCO2)CC1CCC(C(=O)O)CC1. The van der Waals surface area contributed by atoms with E-state index >= 15 is 0 Å². The lowest BCUT2D eigenvalue weighted by atomic mass is 9.82. The van der Waals surface area contributed by atoms with Gasteiger partial charge in [-0.15, -0.1) is 0 Å². The predicted octanol–water partition coefficient (Wildman–Crippen LogP) is 6.67. The maximum Gasteiger partial charge on any atom is 0.306 e. The number of rotatable bonds is 11. The molecular weight excluding hydrogens is 514 g/mol. The van der Waals surface area contributed by atoms with E-state index in [0.717, 1.165) is 92.3 Å². The molecule has 7 nitrogen and oxygen atoms in total. The first-order chi connectivity index (χ1) is 19.0. The molecule has 0 unspecified atom stereocenters. The minimum Gasteiger partial charge on any atom is -0.486 e. The third kappa shape index (κ3) is 6.76. The zero-order valence-electron chi connectivity index (χ0n) is 22.7. The first-order valence-corrected chi connectivity index (χ1v) is 14.5. The number of hydrogen-bond donors (Lipinski definition) is 1. The zero-order valence-corrected chi connectivity index (χ0v) is 23.4. The molecular formula is C31H38ClN3O4. The molecule has 1 aliphatic heterocycles. The van der Waals surface area contributed by atoms with Gasteiger partial charge in [-0.2, -0.15) is 0 Å². The summed E-state index contributed by atoms with van der Waals surface area (Å²) in [6, 6.07) is 16.4. The Kier molecular flexibility index (Phi) is 9.09. The number of carboxylic acids is 1. The molecule has 0 atom stereocenters. The Hall–Kier alpha value is -3.03. The number of nitrogens with zero attached hydrogens (tertiary/aromatic N) is 3. The Labute approximate surface area is 235 Å². The largest absolute Gasteiger partial charge is 0.486 e. The molecule has 1 fully saturated rings. The first-order valence-electron chi connectivity index (χ1n) is 14.2. The number of unbranched alkanes of at least 4 members (excludes halogenated alkanes) is 1. The van der Waals surface area contributed by atoms with E-state index < -0.39 is 5.97 Å². The van der Waals surface area contributed by atoms with Crippen LogP contribution in [0.3, 0.4) is 0 Å². The second-order valence-electron chi connectivity index (χ2n) is 10.7. The maximum atomic E-state index is 11.5. The average Bonchev–Trinajstić information content (AvgIpc) is 3.27. The van der Waals surface area contributed by atoms with E-state index in [-0.39, 0.29) is 5.92 Å². The predicted molar refractivity (Wildman–Crippen MR) is 152 cm³/mol. The molecule has 1 aliphatic carbocycles. The first kappa shape index (κ1) is 27.5. The van der Waals surface area contributed by atoms with Crippen LogP contribution in [0.25, 0.3) is 11.4 Å². The van der Waals surface area contributed by atoms with E-state index in [1.807, 2.05) is 24.3 Å². The number of fused-ring (bicyclic) bond motifs is 1. The molecule has 8 heteroatoms. The smallest absolute Gasteiger partial charge is 0.306 e. The summed E-state index contributed by atoms with van der Waals surface area (Å²) in [7, 11) is 0. The number of carbonyl (C=O) groups is 1. The highest BCUT2D eigenvalue weighted by molar-refractivity contribution is 6.30. The van der Waals surface area contributed by atoms with Gasteiger partial charge in [-0.25, -0.2) is 4.98 Å². The van der Waals surface area contributed by atoms with Crippen LogP contribution in [0.15, 0.2) is 48.5 Å². The van der Waals surface area contributed by atoms with Gasteiger partial charge in [-0.1, -0.05) is 61.3 Å². The number of imidazole rings is 1. The Morgan fingerprint density at radius 3 is 2.51 bits per heavy atom. The fourth-order valence-corrected chi connectivity index (χ4v) is 6.01. The van der Waals surface area contributed by atoms with E-state index in [1.165, 1.54) is 0 Å². The van der Waals surface area contributed by atoms with Gasteiger partial charge in [-0.05, 0) is 55.7 Å². The van der Waals surface area contributed by atoms with Crippen LogP contribution in [-0.2, 0) is 24.4 Å². The highest BCUT2D eigenvalue weighted by atomic mass is 35.5. The van der Waals surface area contributed by atoms with Gasteiger partial charge in [0.15, 0.2) is 16.7 Å². The summed E-state index contributed by atoms with van der Waals surface area (Å²) in [6.45, 7) is 6.44. The summed E-state index contributed by atoms with van der Waals surface area (Å²) in [5.74, 6) is 2.05. The molecule has 1 N–H and O–H groups in total. The number of aromatic nitrogens is 2. The van der Waals surface area contributed by atoms with Crippen LogP contribution in [0.1, 0.15) is 56.7 Å². The Morgan fingerprint density at radius 2 is 1.79 bits per heavy atom. The second kappa shape index (κ2) is 12.9. The second-order valence-corrected chi connectivity index (χ2v) is 11.1. The van der Waals surface area contributed by atoms with Gasteiger partial charge in [0, 0.05) is 31.7 Å². The van der Waals surface area contributed by atoms with Crippen molar-refractivity contribution in [1.82, 2.24) is 14.5 Å². The third-order valence-electron chi connectivity index (χ3n) is 7.89. The molecule has 2 heterocycles. The normalized spacial score (nSPS) is 18.8. The van der Waals surface area contributed by atoms with Crippen molar-refractivity contribution in [2.75, 3.05) is 19.8 Å². The molecule has 3 aromatic rings. The van der Waals surface area contributed by atoms with Gasteiger partial charge in [0.25, 0.3) is 0 Å². The summed E-state index contributed by atoms with van der Waals surface area (Å²) in [5, 5.41) is 10.0. The van der Waals surface area contributed by atoms with Crippen LogP contribution >= 0.6 is 11.6 Å². The van der Waals surface area contributed by atoms with Crippen molar-refractivity contribution in [3.63, 3.8) is 0 Å². The summed E-state index contributed by atoms with van der Waals surface area (Å²) < 4.78 is 13.9. The molecule has 1 aromatic heterocycles. The van der Waals surface area contributed by atoms with Crippen LogP contribution in [0, 0.1) is 11.8 Å². The Bertz CT molecular complexity index is 1250. The molecule has 0 spiro atoms. The molecule has 39 heavy (non-hydrogen) atoms. The standard InChI is InChI=1S/C31H38ClN3O4/c1-2-3-15-35-26(29(32)33-30(35)24-7-5-4-6-8-24)21-34(19-22-9-12-25(13-10-22)31(36)37)20-23-11-14-27-28(18-23)39-17-16-38-27/h4-8,11,14,18,22,25H,2-3,9-10,12-13,15-17,19-21H2,1H3,(H,36,37). The number of carboxylic acid groups (broad SMARTS) is 1.